The first-order valence-corrected chi connectivity index (χ1v) is 22.5. The Labute approximate surface area is 383 Å². The molecule has 0 fully saturated rings. The number of aromatic nitrogens is 4. The Hall–Kier alpha value is -9.13. The second-order valence-corrected chi connectivity index (χ2v) is 17.1. The number of hydrogen-bond donors (Lipinski definition) is 0. The molecule has 6 heteroatoms. The van der Waals surface area contributed by atoms with Crippen LogP contribution < -0.4 is 0 Å². The second-order valence-electron chi connectivity index (χ2n) is 17.1. The molecule has 0 amide bonds. The third-order valence-corrected chi connectivity index (χ3v) is 13.3. The van der Waals surface area contributed by atoms with E-state index in [1.807, 2.05) is 66.7 Å². The minimum absolute atomic E-state index is 0.576. The molecule has 0 radical (unpaired) electrons. The zero-order valence-corrected chi connectivity index (χ0v) is 35.9. The molecule has 4 aromatic heterocycles. The summed E-state index contributed by atoms with van der Waals surface area (Å²) in [4.78, 5) is 15.3. The summed E-state index contributed by atoms with van der Waals surface area (Å²) < 4.78 is 15.2. The average molecular weight is 857 g/mol. The van der Waals surface area contributed by atoms with Crippen LogP contribution in [0.15, 0.2) is 227 Å². The summed E-state index contributed by atoms with van der Waals surface area (Å²) in [5.74, 6) is 1.77. The quantitative estimate of drug-likeness (QED) is 0.167. The van der Waals surface area contributed by atoms with Crippen LogP contribution in [0.3, 0.4) is 0 Å². The van der Waals surface area contributed by atoms with Crippen LogP contribution in [0, 0.1) is 0 Å². The molecule has 6 nitrogen and oxygen atoms in total. The van der Waals surface area contributed by atoms with E-state index in [0.717, 1.165) is 99.5 Å². The molecule has 0 saturated carbocycles. The van der Waals surface area contributed by atoms with Gasteiger partial charge in [0.05, 0.1) is 11.0 Å². The largest absolute Gasteiger partial charge is 0.456 e. The smallest absolute Gasteiger partial charge is 0.164 e. The maximum Gasteiger partial charge on any atom is 0.164 e. The number of benzene rings is 10. The molecule has 4 heterocycles. The standard InChI is InChI=1S/C61H36N4O2/c1-2-14-38(15-3-1)59-62-60(64-61(63-59)42-30-33-49-47-19-6-8-25-53(47)66-55(49)36-42)39-27-31-43(32-28-39)65-56-44-18-5-4-13-37(44)29-34-51(56)50-23-11-21-45(57(50)65)40-16-10-17-41(35-40)46-22-12-24-52-48-20-7-9-26-54(48)67-58(46)52/h1-36H. The summed E-state index contributed by atoms with van der Waals surface area (Å²) in [6.45, 7) is 0. The van der Waals surface area contributed by atoms with E-state index in [2.05, 4.69) is 156 Å². The minimum atomic E-state index is 0.576. The molecule has 0 saturated heterocycles. The molecule has 0 aliphatic rings. The fourth-order valence-corrected chi connectivity index (χ4v) is 10.1. The summed E-state index contributed by atoms with van der Waals surface area (Å²) in [5, 5.41) is 9.13. The normalized spacial score (nSPS) is 11.9. The first kappa shape index (κ1) is 37.3. The summed E-state index contributed by atoms with van der Waals surface area (Å²) in [6, 6.07) is 76.4. The van der Waals surface area contributed by atoms with Gasteiger partial charge in [-0.2, -0.15) is 0 Å². The van der Waals surface area contributed by atoms with Crippen LogP contribution in [0.1, 0.15) is 0 Å². The van der Waals surface area contributed by atoms with Crippen molar-refractivity contribution in [1.82, 2.24) is 19.5 Å². The summed E-state index contributed by atoms with van der Waals surface area (Å²) in [6.07, 6.45) is 0. The lowest BCUT2D eigenvalue weighted by Gasteiger charge is -2.14. The van der Waals surface area contributed by atoms with Crippen molar-refractivity contribution in [1.29, 1.82) is 0 Å². The summed E-state index contributed by atoms with van der Waals surface area (Å²) in [5.41, 5.74) is 13.8. The number of hydrogen-bond acceptors (Lipinski definition) is 5. The van der Waals surface area contributed by atoms with Crippen molar-refractivity contribution in [3.05, 3.63) is 218 Å². The Morgan fingerprint density at radius 2 is 0.821 bits per heavy atom. The third-order valence-electron chi connectivity index (χ3n) is 13.3. The van der Waals surface area contributed by atoms with Crippen molar-refractivity contribution >= 4 is 76.5 Å². The topological polar surface area (TPSA) is 69.9 Å². The fraction of sp³-hybridized carbons (Fsp3) is 0. The van der Waals surface area contributed by atoms with Gasteiger partial charge in [-0.05, 0) is 71.1 Å². The van der Waals surface area contributed by atoms with E-state index in [1.54, 1.807) is 0 Å². The van der Waals surface area contributed by atoms with E-state index in [0.29, 0.717) is 17.5 Å². The molecule has 14 aromatic rings. The second kappa shape index (κ2) is 14.7. The highest BCUT2D eigenvalue weighted by Gasteiger charge is 2.21. The maximum absolute atomic E-state index is 6.52. The monoisotopic (exact) mass is 856 g/mol. The van der Waals surface area contributed by atoms with Crippen LogP contribution in [-0.2, 0) is 0 Å². The molecule has 67 heavy (non-hydrogen) atoms. The summed E-state index contributed by atoms with van der Waals surface area (Å²) in [7, 11) is 0. The van der Waals surface area contributed by atoms with Gasteiger partial charge in [-0.3, -0.25) is 0 Å². The molecule has 0 atom stereocenters. The maximum atomic E-state index is 6.52. The Bertz CT molecular complexity index is 4280. The third kappa shape index (κ3) is 5.93. The van der Waals surface area contributed by atoms with E-state index in [-0.39, 0.29) is 0 Å². The van der Waals surface area contributed by atoms with Crippen LogP contribution in [0.4, 0.5) is 0 Å². The van der Waals surface area contributed by atoms with Crippen LogP contribution in [0.25, 0.3) is 139 Å². The number of nitrogens with zero attached hydrogens (tertiary/aromatic N) is 4. The van der Waals surface area contributed by atoms with Gasteiger partial charge in [0.2, 0.25) is 0 Å². The van der Waals surface area contributed by atoms with Gasteiger partial charge in [0.25, 0.3) is 0 Å². The van der Waals surface area contributed by atoms with Crippen LogP contribution >= 0.6 is 0 Å². The highest BCUT2D eigenvalue weighted by molar-refractivity contribution is 6.21. The SMILES string of the molecule is c1ccc(-c2nc(-c3ccc(-n4c5c(-c6cccc(-c7cccc8c7oc7ccccc78)c6)cccc5c5ccc6ccccc6c54)cc3)nc(-c3ccc4c(c3)oc3ccccc34)n2)cc1. The van der Waals surface area contributed by atoms with Crippen molar-refractivity contribution in [2.75, 3.05) is 0 Å². The molecule has 0 aliphatic carbocycles. The molecule has 0 bridgehead atoms. The van der Waals surface area contributed by atoms with Gasteiger partial charge in [0, 0.05) is 71.2 Å². The highest BCUT2D eigenvalue weighted by atomic mass is 16.3. The molecule has 14 rings (SSSR count). The van der Waals surface area contributed by atoms with Gasteiger partial charge < -0.3 is 13.4 Å². The predicted octanol–water partition coefficient (Wildman–Crippen LogP) is 16.3. The van der Waals surface area contributed by atoms with Gasteiger partial charge in [-0.25, -0.2) is 15.0 Å². The van der Waals surface area contributed by atoms with Crippen molar-refractivity contribution in [2.24, 2.45) is 0 Å². The molecule has 0 N–H and O–H groups in total. The molecule has 0 unspecified atom stereocenters. The van der Waals surface area contributed by atoms with Crippen LogP contribution in [0.2, 0.25) is 0 Å². The Morgan fingerprint density at radius 3 is 1.61 bits per heavy atom. The molecule has 0 spiro atoms. The van der Waals surface area contributed by atoms with E-state index >= 15 is 0 Å². The molecule has 10 aromatic carbocycles. The first-order chi connectivity index (χ1) is 33.2. The van der Waals surface area contributed by atoms with E-state index < -0.39 is 0 Å². The van der Waals surface area contributed by atoms with Gasteiger partial charge in [0.15, 0.2) is 17.5 Å². The lowest BCUT2D eigenvalue weighted by Crippen LogP contribution is -2.01. The number of rotatable bonds is 6. The average Bonchev–Trinajstić information content (AvgIpc) is 4.09. The zero-order chi connectivity index (χ0) is 44.0. The van der Waals surface area contributed by atoms with Gasteiger partial charge in [-0.1, -0.05) is 164 Å². The summed E-state index contributed by atoms with van der Waals surface area (Å²) >= 11 is 0. The Morgan fingerprint density at radius 1 is 0.299 bits per heavy atom. The predicted molar refractivity (Wildman–Crippen MR) is 273 cm³/mol. The van der Waals surface area contributed by atoms with E-state index in [9.17, 15) is 0 Å². The molecular weight excluding hydrogens is 821 g/mol. The van der Waals surface area contributed by atoms with Crippen molar-refractivity contribution in [2.45, 2.75) is 0 Å². The van der Waals surface area contributed by atoms with E-state index in [1.165, 1.54) is 21.5 Å². The number of furan rings is 2. The number of para-hydroxylation sites is 4. The lowest BCUT2D eigenvalue weighted by atomic mass is 9.96. The van der Waals surface area contributed by atoms with Crippen molar-refractivity contribution in [3.63, 3.8) is 0 Å². The minimum Gasteiger partial charge on any atom is -0.456 e. The number of fused-ring (bicyclic) bond motifs is 11. The Balaban J connectivity index is 0.938. The molecular formula is C61H36N4O2. The highest BCUT2D eigenvalue weighted by Crippen LogP contribution is 2.43. The molecule has 312 valence electrons. The van der Waals surface area contributed by atoms with E-state index in [4.69, 9.17) is 23.8 Å². The van der Waals surface area contributed by atoms with Gasteiger partial charge in [0.1, 0.15) is 22.3 Å². The van der Waals surface area contributed by atoms with Gasteiger partial charge >= 0.3 is 0 Å². The van der Waals surface area contributed by atoms with Crippen molar-refractivity contribution in [3.8, 4) is 62.1 Å². The van der Waals surface area contributed by atoms with Crippen LogP contribution in [-0.4, -0.2) is 19.5 Å². The van der Waals surface area contributed by atoms with Crippen LogP contribution in [0.5, 0.6) is 0 Å². The van der Waals surface area contributed by atoms with Crippen molar-refractivity contribution < 1.29 is 8.83 Å². The van der Waals surface area contributed by atoms with Gasteiger partial charge in [-0.15, -0.1) is 0 Å². The molecule has 0 aliphatic heterocycles. The Kier molecular flexibility index (Phi) is 8.18. The zero-order valence-electron chi connectivity index (χ0n) is 35.9. The first-order valence-electron chi connectivity index (χ1n) is 22.5. The fourth-order valence-electron chi connectivity index (χ4n) is 10.1. The lowest BCUT2D eigenvalue weighted by molar-refractivity contribution is 0.669.